The second kappa shape index (κ2) is 3.42. The summed E-state index contributed by atoms with van der Waals surface area (Å²) < 4.78 is 1.03. The normalized spacial score (nSPS) is 10.6. The first-order chi connectivity index (χ1) is 6.66. The maximum atomic E-state index is 11.0. The van der Waals surface area contributed by atoms with E-state index < -0.39 is 0 Å². The molecule has 0 aliphatic carbocycles. The number of carbonyl (C=O) groups is 1. The summed E-state index contributed by atoms with van der Waals surface area (Å²) >= 11 is 1.56. The van der Waals surface area contributed by atoms with Crippen molar-refractivity contribution in [1.29, 1.82) is 0 Å². The van der Waals surface area contributed by atoms with Crippen LogP contribution in [0.5, 0.6) is 5.75 Å². The Bertz CT molecular complexity index is 485. The molecule has 3 heteroatoms. The maximum Gasteiger partial charge on any atom is 0.134 e. The third-order valence-electron chi connectivity index (χ3n) is 2.08. The van der Waals surface area contributed by atoms with E-state index in [1.807, 2.05) is 11.4 Å². The number of thiophene rings is 1. The monoisotopic (exact) mass is 206 g/mol. The Morgan fingerprint density at radius 1 is 1.50 bits per heavy atom. The topological polar surface area (TPSA) is 37.3 Å². The van der Waals surface area contributed by atoms with E-state index in [0.29, 0.717) is 6.42 Å². The van der Waals surface area contributed by atoms with E-state index in [9.17, 15) is 9.90 Å². The third kappa shape index (κ3) is 1.63. The summed E-state index contributed by atoms with van der Waals surface area (Å²) in [5, 5.41) is 12.3. The molecule has 0 bridgehead atoms. The molecule has 0 atom stereocenters. The van der Waals surface area contributed by atoms with Gasteiger partial charge in [-0.1, -0.05) is 0 Å². The number of hydrogen-bond donors (Lipinski definition) is 1. The highest BCUT2D eigenvalue weighted by Gasteiger charge is 2.06. The van der Waals surface area contributed by atoms with Crippen LogP contribution in [0.4, 0.5) is 0 Å². The fourth-order valence-electron chi connectivity index (χ4n) is 1.48. The predicted octanol–water partition coefficient (Wildman–Crippen LogP) is 2.74. The average Bonchev–Trinajstić information content (AvgIpc) is 2.47. The van der Waals surface area contributed by atoms with Gasteiger partial charge < -0.3 is 5.11 Å². The van der Waals surface area contributed by atoms with E-state index in [4.69, 9.17) is 0 Å². The van der Waals surface area contributed by atoms with Crippen LogP contribution >= 0.6 is 11.3 Å². The first-order valence-corrected chi connectivity index (χ1v) is 5.23. The lowest BCUT2D eigenvalue weighted by Gasteiger charge is -1.95. The third-order valence-corrected chi connectivity index (χ3v) is 3.07. The average molecular weight is 206 g/mol. The Kier molecular flexibility index (Phi) is 2.25. The summed E-state index contributed by atoms with van der Waals surface area (Å²) in [5.74, 6) is 0.437. The van der Waals surface area contributed by atoms with Crippen LogP contribution in [-0.2, 0) is 11.2 Å². The molecule has 0 amide bonds. The number of phenols is 1. The van der Waals surface area contributed by atoms with Crippen LogP contribution in [0.15, 0.2) is 23.6 Å². The van der Waals surface area contributed by atoms with Crippen LogP contribution < -0.4 is 0 Å². The quantitative estimate of drug-likeness (QED) is 0.820. The van der Waals surface area contributed by atoms with Gasteiger partial charge in [-0.05, 0) is 41.5 Å². The number of hydrogen-bond acceptors (Lipinski definition) is 3. The van der Waals surface area contributed by atoms with Gasteiger partial charge in [0.1, 0.15) is 11.5 Å². The maximum absolute atomic E-state index is 11.0. The molecule has 0 fully saturated rings. The Morgan fingerprint density at radius 2 is 2.29 bits per heavy atom. The summed E-state index contributed by atoms with van der Waals surface area (Å²) in [6.07, 6.45) is 0.477. The molecule has 0 saturated carbocycles. The highest BCUT2D eigenvalue weighted by Crippen LogP contribution is 2.29. The fourth-order valence-corrected chi connectivity index (χ4v) is 2.47. The molecule has 0 radical (unpaired) electrons. The molecule has 1 heterocycles. The van der Waals surface area contributed by atoms with Gasteiger partial charge in [0.15, 0.2) is 0 Å². The molecule has 2 nitrogen and oxygen atoms in total. The molecule has 0 spiro atoms. The van der Waals surface area contributed by atoms with Crippen LogP contribution in [0.3, 0.4) is 0 Å². The molecule has 1 aromatic heterocycles. The lowest BCUT2D eigenvalue weighted by molar-refractivity contribution is -0.116. The van der Waals surface area contributed by atoms with E-state index in [0.717, 1.165) is 15.6 Å². The number of Topliss-reactive ketones (excluding diaryl/α,β-unsaturated/α-hetero) is 1. The standard InChI is InChI=1S/C11H10O2S/c1-7(12)4-8-6-14-11-5-9(13)2-3-10(8)11/h2-3,5-6,13H,4H2,1H3. The molecule has 0 aliphatic rings. The molecule has 1 aromatic carbocycles. The summed E-state index contributed by atoms with van der Waals surface area (Å²) in [6.45, 7) is 1.59. The van der Waals surface area contributed by atoms with Gasteiger partial charge in [0.25, 0.3) is 0 Å². The summed E-state index contributed by atoms with van der Waals surface area (Å²) in [4.78, 5) is 11.0. The van der Waals surface area contributed by atoms with Crippen molar-refractivity contribution in [3.63, 3.8) is 0 Å². The van der Waals surface area contributed by atoms with Gasteiger partial charge in [-0.25, -0.2) is 0 Å². The van der Waals surface area contributed by atoms with Crippen molar-refractivity contribution in [3.8, 4) is 5.75 Å². The molecule has 0 aliphatic heterocycles. The van der Waals surface area contributed by atoms with Crippen molar-refractivity contribution in [2.45, 2.75) is 13.3 Å². The Morgan fingerprint density at radius 3 is 3.00 bits per heavy atom. The largest absolute Gasteiger partial charge is 0.508 e. The van der Waals surface area contributed by atoms with Gasteiger partial charge in [-0.2, -0.15) is 0 Å². The van der Waals surface area contributed by atoms with Crippen molar-refractivity contribution < 1.29 is 9.90 Å². The number of fused-ring (bicyclic) bond motifs is 1. The minimum Gasteiger partial charge on any atom is -0.508 e. The molecule has 2 rings (SSSR count). The molecule has 0 saturated heterocycles. The first kappa shape index (κ1) is 9.21. The van der Waals surface area contributed by atoms with E-state index in [1.54, 1.807) is 30.4 Å². The molecule has 0 unspecified atom stereocenters. The number of aromatic hydroxyl groups is 1. The van der Waals surface area contributed by atoms with Crippen molar-refractivity contribution in [2.75, 3.05) is 0 Å². The lowest BCUT2D eigenvalue weighted by atomic mass is 10.1. The van der Waals surface area contributed by atoms with Gasteiger partial charge in [0, 0.05) is 11.1 Å². The van der Waals surface area contributed by atoms with Crippen LogP contribution in [0.2, 0.25) is 0 Å². The van der Waals surface area contributed by atoms with Gasteiger partial charge in [-0.3, -0.25) is 4.79 Å². The van der Waals surface area contributed by atoms with Crippen LogP contribution in [0.1, 0.15) is 12.5 Å². The van der Waals surface area contributed by atoms with E-state index >= 15 is 0 Å². The molecule has 14 heavy (non-hydrogen) atoms. The van der Waals surface area contributed by atoms with Gasteiger partial charge in [0.05, 0.1) is 0 Å². The second-order valence-electron chi connectivity index (χ2n) is 3.32. The Balaban J connectivity index is 2.52. The minimum absolute atomic E-state index is 0.165. The van der Waals surface area contributed by atoms with Gasteiger partial charge >= 0.3 is 0 Å². The number of rotatable bonds is 2. The molecular weight excluding hydrogens is 196 g/mol. The highest BCUT2D eigenvalue weighted by atomic mass is 32.1. The Hall–Kier alpha value is -1.35. The minimum atomic E-state index is 0.165. The second-order valence-corrected chi connectivity index (χ2v) is 4.23. The fraction of sp³-hybridized carbons (Fsp3) is 0.182. The predicted molar refractivity (Wildman–Crippen MR) is 57.9 cm³/mol. The van der Waals surface area contributed by atoms with Gasteiger partial charge in [0.2, 0.25) is 0 Å². The lowest BCUT2D eigenvalue weighted by Crippen LogP contribution is -1.94. The summed E-state index contributed by atoms with van der Waals surface area (Å²) in [5.41, 5.74) is 1.05. The zero-order valence-corrected chi connectivity index (χ0v) is 8.60. The number of ketones is 1. The number of carbonyl (C=O) groups excluding carboxylic acids is 1. The SMILES string of the molecule is CC(=O)Cc1csc2cc(O)ccc12. The molecule has 2 aromatic rings. The van der Waals surface area contributed by atoms with Crippen LogP contribution in [0.25, 0.3) is 10.1 Å². The molecule has 72 valence electrons. The summed E-state index contributed by atoms with van der Waals surface area (Å²) in [7, 11) is 0. The first-order valence-electron chi connectivity index (χ1n) is 4.35. The van der Waals surface area contributed by atoms with Crippen LogP contribution in [0, 0.1) is 0 Å². The summed E-state index contributed by atoms with van der Waals surface area (Å²) in [6, 6.07) is 5.24. The molecule has 1 N–H and O–H groups in total. The number of phenolic OH excluding ortho intramolecular Hbond substituents is 1. The zero-order valence-electron chi connectivity index (χ0n) is 7.78. The van der Waals surface area contributed by atoms with Crippen molar-refractivity contribution in [1.82, 2.24) is 0 Å². The smallest absolute Gasteiger partial charge is 0.134 e. The van der Waals surface area contributed by atoms with E-state index in [2.05, 4.69) is 0 Å². The van der Waals surface area contributed by atoms with Crippen molar-refractivity contribution in [2.24, 2.45) is 0 Å². The van der Waals surface area contributed by atoms with Crippen molar-refractivity contribution in [3.05, 3.63) is 29.1 Å². The number of benzene rings is 1. The van der Waals surface area contributed by atoms with Gasteiger partial charge in [-0.15, -0.1) is 11.3 Å². The van der Waals surface area contributed by atoms with E-state index in [-0.39, 0.29) is 11.5 Å². The Labute approximate surface area is 85.8 Å². The zero-order chi connectivity index (χ0) is 10.1. The van der Waals surface area contributed by atoms with E-state index in [1.165, 1.54) is 0 Å². The highest BCUT2D eigenvalue weighted by molar-refractivity contribution is 7.17. The van der Waals surface area contributed by atoms with Crippen molar-refractivity contribution >= 4 is 27.2 Å². The molecular formula is C11H10O2S. The van der Waals surface area contributed by atoms with Crippen LogP contribution in [-0.4, -0.2) is 10.9 Å².